The lowest BCUT2D eigenvalue weighted by Crippen LogP contribution is -2.46. The number of aryl methyl sites for hydroxylation is 1. The van der Waals surface area contributed by atoms with Gasteiger partial charge in [-0.25, -0.2) is 13.2 Å². The number of aromatic amines is 1. The molecule has 2 atom stereocenters. The molecule has 0 aliphatic heterocycles. The predicted octanol–water partition coefficient (Wildman–Crippen LogP) is 4.26. The highest BCUT2D eigenvalue weighted by Crippen LogP contribution is 2.39. The molecule has 4 nitrogen and oxygen atoms in total. The minimum Gasteiger partial charge on any atom is -0.383 e. The van der Waals surface area contributed by atoms with E-state index in [1.807, 2.05) is 0 Å². The van der Waals surface area contributed by atoms with Crippen LogP contribution in [0.5, 0.6) is 0 Å². The number of rotatable bonds is 7. The molecule has 2 N–H and O–H groups in total. The Bertz CT molecular complexity index is 944. The molecule has 3 rings (SSSR count). The Balaban J connectivity index is 1.96. The molecule has 0 bridgehead atoms. The van der Waals surface area contributed by atoms with Crippen molar-refractivity contribution in [3.63, 3.8) is 0 Å². The van der Waals surface area contributed by atoms with Gasteiger partial charge in [0.1, 0.15) is 11.4 Å². The van der Waals surface area contributed by atoms with Gasteiger partial charge < -0.3 is 10.1 Å². The summed E-state index contributed by atoms with van der Waals surface area (Å²) in [6.07, 6.45) is -1.22. The van der Waals surface area contributed by atoms with Crippen molar-refractivity contribution in [2.24, 2.45) is 0 Å². The molecular formula is C20H21F4N3O. The third-order valence-electron chi connectivity index (χ3n) is 5.13. The minimum atomic E-state index is -3.13. The molecule has 0 saturated carbocycles. The molecule has 28 heavy (non-hydrogen) atoms. The molecule has 0 amide bonds. The van der Waals surface area contributed by atoms with E-state index in [-0.39, 0.29) is 5.56 Å². The molecule has 8 heteroatoms. The van der Waals surface area contributed by atoms with Crippen molar-refractivity contribution in [2.75, 3.05) is 6.67 Å². The summed E-state index contributed by atoms with van der Waals surface area (Å²) >= 11 is 0. The maximum Gasteiger partial charge on any atom is 0.267 e. The molecule has 0 saturated heterocycles. The van der Waals surface area contributed by atoms with Crippen LogP contribution in [0.2, 0.25) is 0 Å². The molecule has 0 radical (unpaired) electrons. The van der Waals surface area contributed by atoms with Gasteiger partial charge in [-0.1, -0.05) is 13.0 Å². The Kier molecular flexibility index (Phi) is 5.43. The van der Waals surface area contributed by atoms with E-state index in [1.165, 1.54) is 31.5 Å². The fourth-order valence-corrected chi connectivity index (χ4v) is 3.72. The van der Waals surface area contributed by atoms with Gasteiger partial charge in [0.15, 0.2) is 0 Å². The van der Waals surface area contributed by atoms with Crippen molar-refractivity contribution in [3.8, 4) is 0 Å². The van der Waals surface area contributed by atoms with Crippen LogP contribution in [0.15, 0.2) is 36.7 Å². The molecule has 1 aromatic carbocycles. The zero-order valence-electron chi connectivity index (χ0n) is 15.5. The Labute approximate surface area is 159 Å². The van der Waals surface area contributed by atoms with Gasteiger partial charge in [-0.05, 0) is 42.7 Å². The maximum absolute atomic E-state index is 14.0. The van der Waals surface area contributed by atoms with Crippen LogP contribution in [0, 0.1) is 12.7 Å². The summed E-state index contributed by atoms with van der Waals surface area (Å²) in [5.74, 6) is -0.587. The number of nitrogens with zero attached hydrogens (tertiary/aromatic N) is 2. The lowest BCUT2D eigenvalue weighted by molar-refractivity contribution is -0.113. The number of aliphatic hydroxyl groups is 1. The van der Waals surface area contributed by atoms with Crippen LogP contribution in [-0.4, -0.2) is 39.0 Å². The van der Waals surface area contributed by atoms with Crippen molar-refractivity contribution in [1.82, 2.24) is 15.2 Å². The second-order valence-corrected chi connectivity index (χ2v) is 7.56. The SMILES string of the molecule is Cc1ccc(F)cc1C(C)(CF)CC(O)(Cc1cc2cnncc2[nH]1)C(F)F. The van der Waals surface area contributed by atoms with Gasteiger partial charge in [0.25, 0.3) is 6.43 Å². The van der Waals surface area contributed by atoms with E-state index in [9.17, 15) is 22.7 Å². The van der Waals surface area contributed by atoms with E-state index in [0.29, 0.717) is 22.2 Å². The van der Waals surface area contributed by atoms with Gasteiger partial charge in [-0.15, -0.1) is 0 Å². The number of hydrogen-bond acceptors (Lipinski definition) is 3. The van der Waals surface area contributed by atoms with Crippen LogP contribution in [0.1, 0.15) is 30.2 Å². The van der Waals surface area contributed by atoms with E-state index in [2.05, 4.69) is 15.2 Å². The van der Waals surface area contributed by atoms with E-state index in [4.69, 9.17) is 0 Å². The molecule has 2 aromatic heterocycles. The van der Waals surface area contributed by atoms with Gasteiger partial charge in [0.05, 0.1) is 24.6 Å². The predicted molar refractivity (Wildman–Crippen MR) is 97.6 cm³/mol. The number of hydrogen-bond donors (Lipinski definition) is 2. The quantitative estimate of drug-likeness (QED) is 0.588. The summed E-state index contributed by atoms with van der Waals surface area (Å²) in [5.41, 5.74) is -2.21. The Hall–Kier alpha value is -2.48. The summed E-state index contributed by atoms with van der Waals surface area (Å²) in [6.45, 7) is 2.05. The van der Waals surface area contributed by atoms with Gasteiger partial charge in [-0.3, -0.25) is 4.39 Å². The van der Waals surface area contributed by atoms with Crippen molar-refractivity contribution < 1.29 is 22.7 Å². The lowest BCUT2D eigenvalue weighted by atomic mass is 9.72. The Morgan fingerprint density at radius 3 is 2.54 bits per heavy atom. The molecule has 0 aliphatic rings. The molecular weight excluding hydrogens is 374 g/mol. The normalized spacial score (nSPS) is 16.3. The molecule has 2 heterocycles. The van der Waals surface area contributed by atoms with Crippen LogP contribution >= 0.6 is 0 Å². The number of nitrogens with one attached hydrogen (secondary N) is 1. The van der Waals surface area contributed by atoms with Crippen LogP contribution in [-0.2, 0) is 11.8 Å². The Morgan fingerprint density at radius 2 is 1.89 bits per heavy atom. The maximum atomic E-state index is 14.0. The minimum absolute atomic E-state index is 0.263. The van der Waals surface area contributed by atoms with E-state index in [1.54, 1.807) is 13.0 Å². The summed E-state index contributed by atoms with van der Waals surface area (Å²) in [6, 6.07) is 5.43. The molecule has 0 fully saturated rings. The van der Waals surface area contributed by atoms with Gasteiger partial charge in [0, 0.05) is 22.9 Å². The monoisotopic (exact) mass is 395 g/mol. The van der Waals surface area contributed by atoms with Crippen molar-refractivity contribution >= 4 is 10.9 Å². The van der Waals surface area contributed by atoms with Crippen LogP contribution < -0.4 is 0 Å². The summed E-state index contributed by atoms with van der Waals surface area (Å²) in [5, 5.41) is 18.9. The summed E-state index contributed by atoms with van der Waals surface area (Å²) in [4.78, 5) is 2.92. The topological polar surface area (TPSA) is 61.8 Å². The first kappa shape index (κ1) is 20.3. The highest BCUT2D eigenvalue weighted by molar-refractivity contribution is 5.78. The number of H-pyrrole nitrogens is 1. The number of fused-ring (bicyclic) bond motifs is 1. The van der Waals surface area contributed by atoms with E-state index < -0.39 is 42.8 Å². The molecule has 3 aromatic rings. The van der Waals surface area contributed by atoms with E-state index in [0.717, 1.165) is 6.07 Å². The number of alkyl halides is 3. The highest BCUT2D eigenvalue weighted by Gasteiger charge is 2.45. The highest BCUT2D eigenvalue weighted by atomic mass is 19.3. The first-order valence-electron chi connectivity index (χ1n) is 8.78. The fraction of sp³-hybridized carbons (Fsp3) is 0.400. The molecule has 150 valence electrons. The lowest BCUT2D eigenvalue weighted by Gasteiger charge is -2.37. The Morgan fingerprint density at radius 1 is 1.18 bits per heavy atom. The van der Waals surface area contributed by atoms with Crippen LogP contribution in [0.3, 0.4) is 0 Å². The molecule has 0 spiro atoms. The van der Waals surface area contributed by atoms with Crippen molar-refractivity contribution in [3.05, 3.63) is 59.3 Å². The largest absolute Gasteiger partial charge is 0.383 e. The van der Waals surface area contributed by atoms with Crippen LogP contribution in [0.4, 0.5) is 17.6 Å². The third-order valence-corrected chi connectivity index (χ3v) is 5.13. The number of halogens is 4. The first-order chi connectivity index (χ1) is 13.2. The van der Waals surface area contributed by atoms with Gasteiger partial charge in [0.2, 0.25) is 0 Å². The summed E-state index contributed by atoms with van der Waals surface area (Å²) in [7, 11) is 0. The van der Waals surface area contributed by atoms with Gasteiger partial charge in [-0.2, -0.15) is 10.2 Å². The zero-order valence-corrected chi connectivity index (χ0v) is 15.5. The second-order valence-electron chi connectivity index (χ2n) is 7.56. The average Bonchev–Trinajstić information content (AvgIpc) is 3.05. The van der Waals surface area contributed by atoms with Crippen molar-refractivity contribution in [1.29, 1.82) is 0 Å². The van der Waals surface area contributed by atoms with Crippen molar-refractivity contribution in [2.45, 2.75) is 44.1 Å². The smallest absolute Gasteiger partial charge is 0.267 e. The van der Waals surface area contributed by atoms with Gasteiger partial charge >= 0.3 is 0 Å². The third kappa shape index (κ3) is 3.87. The number of benzene rings is 1. The first-order valence-corrected chi connectivity index (χ1v) is 8.78. The van der Waals surface area contributed by atoms with Crippen LogP contribution in [0.25, 0.3) is 10.9 Å². The fourth-order valence-electron chi connectivity index (χ4n) is 3.72. The molecule has 0 aliphatic carbocycles. The number of aromatic nitrogens is 3. The average molecular weight is 395 g/mol. The second kappa shape index (κ2) is 7.50. The molecule has 2 unspecified atom stereocenters. The summed E-state index contributed by atoms with van der Waals surface area (Å²) < 4.78 is 55.6. The standard InChI is InChI=1S/C20H21F4N3O/c1-12-3-4-14(22)6-16(12)19(2,11-21)10-20(28,18(23)24)7-15-5-13-8-25-26-9-17(13)27-15/h3-6,8-9,18,27-28H,7,10-11H2,1-2H3. The van der Waals surface area contributed by atoms with E-state index >= 15 is 0 Å². The zero-order chi connectivity index (χ0) is 20.5.